The fourth-order valence-electron chi connectivity index (χ4n) is 9.80. The van der Waals surface area contributed by atoms with Gasteiger partial charge < -0.3 is 4.57 Å². The summed E-state index contributed by atoms with van der Waals surface area (Å²) in [6, 6.07) is 66.9. The summed E-state index contributed by atoms with van der Waals surface area (Å²) in [5.41, 5.74) is 17.8. The van der Waals surface area contributed by atoms with Crippen molar-refractivity contribution in [2.75, 3.05) is 0 Å². The highest BCUT2D eigenvalue weighted by Gasteiger charge is 2.26. The molecular weight excluding hydrogens is 805 g/mol. The van der Waals surface area contributed by atoms with Gasteiger partial charge in [-0.05, 0) is 99.0 Å². The molecule has 4 aromatic heterocycles. The van der Waals surface area contributed by atoms with E-state index in [1.807, 2.05) is 24.4 Å². The van der Waals surface area contributed by atoms with E-state index < -0.39 is 0 Å². The molecule has 0 aliphatic heterocycles. The Balaban J connectivity index is 1.21. The Kier molecular flexibility index (Phi) is 9.28. The number of fused-ring (bicyclic) bond motifs is 6. The van der Waals surface area contributed by atoms with Gasteiger partial charge in [0, 0.05) is 55.6 Å². The molecular formula is C60H44N6. The Hall–Kier alpha value is -8.48. The first kappa shape index (κ1) is 39.1. The summed E-state index contributed by atoms with van der Waals surface area (Å²) in [5.74, 6) is 1.72. The first-order valence-corrected chi connectivity index (χ1v) is 22.5. The van der Waals surface area contributed by atoms with Gasteiger partial charge in [-0.25, -0.2) is 19.9 Å². The van der Waals surface area contributed by atoms with Gasteiger partial charge in [0.25, 0.3) is 0 Å². The zero-order chi connectivity index (χ0) is 44.5. The third-order valence-corrected chi connectivity index (χ3v) is 12.8. The van der Waals surface area contributed by atoms with E-state index in [1.165, 1.54) is 27.5 Å². The molecule has 314 valence electrons. The van der Waals surface area contributed by atoms with Crippen LogP contribution < -0.4 is 0 Å². The minimum atomic E-state index is 0.561. The van der Waals surface area contributed by atoms with Gasteiger partial charge in [0.1, 0.15) is 5.65 Å². The molecule has 0 N–H and O–H groups in total. The maximum absolute atomic E-state index is 5.62. The third kappa shape index (κ3) is 6.49. The van der Waals surface area contributed by atoms with E-state index in [-0.39, 0.29) is 0 Å². The van der Waals surface area contributed by atoms with Crippen LogP contribution in [0, 0.1) is 27.7 Å². The molecule has 6 heteroatoms. The number of benzene rings is 8. The van der Waals surface area contributed by atoms with E-state index in [1.54, 1.807) is 0 Å². The van der Waals surface area contributed by atoms with E-state index in [0.717, 1.165) is 88.9 Å². The van der Waals surface area contributed by atoms with Gasteiger partial charge in [-0.3, -0.25) is 4.57 Å². The second kappa shape index (κ2) is 15.6. The van der Waals surface area contributed by atoms with Crippen LogP contribution in [0.4, 0.5) is 0 Å². The van der Waals surface area contributed by atoms with Crippen LogP contribution in [0.5, 0.6) is 0 Å². The van der Waals surface area contributed by atoms with E-state index in [9.17, 15) is 0 Å². The van der Waals surface area contributed by atoms with Crippen molar-refractivity contribution in [2.24, 2.45) is 0 Å². The number of aryl methyl sites for hydroxylation is 4. The molecule has 0 amide bonds. The van der Waals surface area contributed by atoms with Crippen molar-refractivity contribution in [2.45, 2.75) is 27.7 Å². The minimum absolute atomic E-state index is 0.561. The molecule has 0 saturated carbocycles. The molecule has 12 rings (SSSR count). The lowest BCUT2D eigenvalue weighted by molar-refractivity contribution is 1.05. The fraction of sp³-hybridized carbons (Fsp3) is 0.0667. The molecule has 0 saturated heterocycles. The Morgan fingerprint density at radius 3 is 1.21 bits per heavy atom. The van der Waals surface area contributed by atoms with Crippen LogP contribution in [0.25, 0.3) is 112 Å². The van der Waals surface area contributed by atoms with Crippen molar-refractivity contribution in [1.82, 2.24) is 29.1 Å². The van der Waals surface area contributed by atoms with Gasteiger partial charge in [-0.2, -0.15) is 0 Å². The molecule has 12 aromatic rings. The van der Waals surface area contributed by atoms with Crippen molar-refractivity contribution >= 4 is 43.7 Å². The maximum Gasteiger partial charge on any atom is 0.166 e. The van der Waals surface area contributed by atoms with Crippen molar-refractivity contribution < 1.29 is 0 Å². The Labute approximate surface area is 383 Å². The van der Waals surface area contributed by atoms with E-state index in [4.69, 9.17) is 19.9 Å². The average Bonchev–Trinajstić information content (AvgIpc) is 3.84. The summed E-state index contributed by atoms with van der Waals surface area (Å²) in [4.78, 5) is 21.6. The zero-order valence-electron chi connectivity index (χ0n) is 37.2. The van der Waals surface area contributed by atoms with Gasteiger partial charge in [0.05, 0.1) is 27.9 Å². The highest BCUT2D eigenvalue weighted by molar-refractivity contribution is 6.12. The van der Waals surface area contributed by atoms with Crippen molar-refractivity contribution in [3.8, 4) is 67.8 Å². The van der Waals surface area contributed by atoms with E-state index in [2.05, 4.69) is 207 Å². The first-order chi connectivity index (χ1) is 32.4. The van der Waals surface area contributed by atoms with Crippen LogP contribution in [-0.2, 0) is 0 Å². The molecule has 0 bridgehead atoms. The van der Waals surface area contributed by atoms with Crippen molar-refractivity contribution in [3.05, 3.63) is 217 Å². The van der Waals surface area contributed by atoms with Crippen LogP contribution in [-0.4, -0.2) is 29.1 Å². The lowest BCUT2D eigenvalue weighted by Crippen LogP contribution is -2.07. The molecule has 0 spiro atoms. The van der Waals surface area contributed by atoms with Gasteiger partial charge in [0.2, 0.25) is 0 Å². The SMILES string of the molecule is Cc1ccc2c(c1)c1cc(C)ccc1n2-c1c(-c2ccccc2)cccc1-c1nc(-c2ccccc2)nc(-c2cccc(-c3ccccc3)c2-n2c3ccc(C)cc3c3cc(C)cnc32)n1. The Morgan fingerprint density at radius 2 is 0.712 bits per heavy atom. The third-order valence-electron chi connectivity index (χ3n) is 12.8. The predicted octanol–water partition coefficient (Wildman–Crippen LogP) is 15.0. The van der Waals surface area contributed by atoms with E-state index >= 15 is 0 Å². The van der Waals surface area contributed by atoms with Crippen LogP contribution in [0.2, 0.25) is 0 Å². The molecule has 0 radical (unpaired) electrons. The summed E-state index contributed by atoms with van der Waals surface area (Å²) in [6.07, 6.45) is 1.96. The monoisotopic (exact) mass is 848 g/mol. The number of rotatable bonds is 7. The van der Waals surface area contributed by atoms with Gasteiger partial charge >= 0.3 is 0 Å². The molecule has 4 heterocycles. The summed E-state index contributed by atoms with van der Waals surface area (Å²) in [5, 5.41) is 4.66. The van der Waals surface area contributed by atoms with Crippen LogP contribution >= 0.6 is 0 Å². The van der Waals surface area contributed by atoms with Crippen molar-refractivity contribution in [3.63, 3.8) is 0 Å². The molecule has 0 atom stereocenters. The zero-order valence-corrected chi connectivity index (χ0v) is 37.2. The second-order valence-electron chi connectivity index (χ2n) is 17.4. The lowest BCUT2D eigenvalue weighted by atomic mass is 9.98. The summed E-state index contributed by atoms with van der Waals surface area (Å²) in [6.45, 7) is 8.58. The normalized spacial score (nSPS) is 11.6. The molecule has 6 nitrogen and oxygen atoms in total. The molecule has 0 unspecified atom stereocenters. The number of hydrogen-bond acceptors (Lipinski definition) is 4. The average molecular weight is 849 g/mol. The number of aromatic nitrogens is 6. The summed E-state index contributed by atoms with van der Waals surface area (Å²) >= 11 is 0. The molecule has 8 aromatic carbocycles. The number of para-hydroxylation sites is 2. The topological polar surface area (TPSA) is 61.4 Å². The quantitative estimate of drug-likeness (QED) is 0.160. The molecule has 66 heavy (non-hydrogen) atoms. The Bertz CT molecular complexity index is 3500. The molecule has 0 aliphatic rings. The first-order valence-electron chi connectivity index (χ1n) is 22.5. The standard InChI is InChI=1S/C60H44N6/c1-37-26-29-52-48(32-37)49-33-38(2)27-30-53(49)65(52)55-44(41-16-8-5-9-17-41)22-14-24-46(55)58-62-57(43-20-12-7-13-21-43)63-59(64-58)47-25-15-23-45(42-18-10-6-11-19-42)56(47)66-54-31-28-39(3)34-50(54)51-35-40(4)36-61-60(51)66/h5-36H,1-4H3. The van der Waals surface area contributed by atoms with Crippen LogP contribution in [0.1, 0.15) is 22.3 Å². The lowest BCUT2D eigenvalue weighted by Gasteiger charge is -2.20. The minimum Gasteiger partial charge on any atom is -0.308 e. The van der Waals surface area contributed by atoms with Crippen molar-refractivity contribution in [1.29, 1.82) is 0 Å². The number of nitrogens with zero attached hydrogens (tertiary/aromatic N) is 6. The van der Waals surface area contributed by atoms with Gasteiger partial charge in [-0.1, -0.05) is 150 Å². The highest BCUT2D eigenvalue weighted by Crippen LogP contribution is 2.44. The summed E-state index contributed by atoms with van der Waals surface area (Å²) in [7, 11) is 0. The van der Waals surface area contributed by atoms with Crippen LogP contribution in [0.3, 0.4) is 0 Å². The Morgan fingerprint density at radius 1 is 0.318 bits per heavy atom. The smallest absolute Gasteiger partial charge is 0.166 e. The second-order valence-corrected chi connectivity index (χ2v) is 17.4. The molecule has 0 aliphatic carbocycles. The molecule has 0 fully saturated rings. The fourth-order valence-corrected chi connectivity index (χ4v) is 9.80. The van der Waals surface area contributed by atoms with Gasteiger partial charge in [-0.15, -0.1) is 0 Å². The highest BCUT2D eigenvalue weighted by atomic mass is 15.1. The van der Waals surface area contributed by atoms with Crippen LogP contribution in [0.15, 0.2) is 194 Å². The number of pyridine rings is 1. The maximum atomic E-state index is 5.62. The predicted molar refractivity (Wildman–Crippen MR) is 272 cm³/mol. The van der Waals surface area contributed by atoms with Gasteiger partial charge in [0.15, 0.2) is 17.5 Å². The van der Waals surface area contributed by atoms with E-state index in [0.29, 0.717) is 17.5 Å². The number of hydrogen-bond donors (Lipinski definition) is 0. The summed E-state index contributed by atoms with van der Waals surface area (Å²) < 4.78 is 4.73. The largest absolute Gasteiger partial charge is 0.308 e.